The second-order valence-electron chi connectivity index (χ2n) is 0. The molecule has 0 bridgehead atoms. The van der Waals surface area contributed by atoms with E-state index >= 15 is 0 Å². The summed E-state index contributed by atoms with van der Waals surface area (Å²) < 4.78 is 25.0. The number of halogens is 2. The van der Waals surface area contributed by atoms with Crippen LogP contribution < -0.4 is 0 Å². The zero-order valence-corrected chi connectivity index (χ0v) is 2.46. The molecule has 0 atom stereocenters. The summed E-state index contributed by atoms with van der Waals surface area (Å²) in [4.78, 5) is 0. The Bertz CT molecular complexity index is 10.4. The molecule has 0 saturated carbocycles. The van der Waals surface area contributed by atoms with Gasteiger partial charge in [-0.2, -0.15) is 0 Å². The smallest absolute Gasteiger partial charge is 0.0785 e. The Morgan fingerprint density at radius 2 is 1.00 bits per heavy atom. The van der Waals surface area contributed by atoms with Crippen LogP contribution in [0.2, 0.25) is 0 Å². The number of hydrogen-bond acceptors (Lipinski definition) is 0. The van der Waals surface area contributed by atoms with Crippen molar-refractivity contribution in [3.63, 3.8) is 0 Å². The van der Waals surface area contributed by atoms with E-state index < -0.39 is 7.15 Å². The van der Waals surface area contributed by atoms with E-state index in [2.05, 4.69) is 0 Å². The maximum Gasteiger partial charge on any atom is 0.0785 e. The largest absolute Gasteiger partial charge is 0.255 e. The first-order valence-electron chi connectivity index (χ1n) is 1.35. The summed E-state index contributed by atoms with van der Waals surface area (Å²) in [6.45, 7) is 0. The van der Waals surface area contributed by atoms with Crippen LogP contribution in [-0.2, 0) is 0 Å². The second kappa shape index (κ2) is 7060. The van der Waals surface area contributed by atoms with Gasteiger partial charge in [-0.05, 0) is 0 Å². The van der Waals surface area contributed by atoms with Crippen LogP contribution in [0, 0.1) is 0 Å². The van der Waals surface area contributed by atoms with E-state index in [1.54, 1.807) is 0 Å². The summed E-state index contributed by atoms with van der Waals surface area (Å²) in [5.74, 6) is 0. The molecule has 0 saturated heterocycles. The average Bonchev–Trinajstić information content (AvgIpc) is 1.46. The molecule has 2 heteroatoms. The molecule has 0 radical (unpaired) electrons. The van der Waals surface area contributed by atoms with Gasteiger partial charge in [0.05, 0.1) is 15.7 Å². The summed E-state index contributed by atoms with van der Waals surface area (Å²) in [7, 11) is -0.500. The SMILES string of the molecule is C.C.C.CF.[3H]CF. The highest BCUT2D eigenvalue weighted by Crippen LogP contribution is 1.16. The van der Waals surface area contributed by atoms with Crippen molar-refractivity contribution < 1.29 is 10.2 Å². The average molecular weight is 118 g/mol. The molecular formula is C5H18F2. The first kappa shape index (κ1) is 28.8. The molecular weight excluding hydrogens is 98.1 g/mol. The highest BCUT2D eigenvalue weighted by Gasteiger charge is 0.928. The second-order valence-corrected chi connectivity index (χ2v) is 0. The van der Waals surface area contributed by atoms with E-state index in [4.69, 9.17) is 1.37 Å². The quantitative estimate of drug-likeness (QED) is 0.458. The van der Waals surface area contributed by atoms with Gasteiger partial charge in [0, 0.05) is 0 Å². The number of alkyl halides is 2. The van der Waals surface area contributed by atoms with Crippen LogP contribution in [0.1, 0.15) is 23.7 Å². The van der Waals surface area contributed by atoms with Gasteiger partial charge in [-0.15, -0.1) is 0 Å². The Balaban J connectivity index is -0.00000000567. The van der Waals surface area contributed by atoms with Crippen LogP contribution in [-0.4, -0.2) is 14.3 Å². The molecule has 0 rings (SSSR count). The molecule has 0 aromatic heterocycles. The fraction of sp³-hybridized carbons (Fsp3) is 1.00. The van der Waals surface area contributed by atoms with Crippen molar-refractivity contribution in [3.05, 3.63) is 0 Å². The normalized spacial score (nSPS) is 3.57. The molecule has 52 valence electrons. The highest BCUT2D eigenvalue weighted by molar-refractivity contribution is 3.23. The van der Waals surface area contributed by atoms with E-state index in [-0.39, 0.29) is 22.3 Å². The van der Waals surface area contributed by atoms with Crippen LogP contribution in [0.15, 0.2) is 0 Å². The molecule has 0 heterocycles. The van der Waals surface area contributed by atoms with Gasteiger partial charge < -0.3 is 0 Å². The Kier molecular flexibility index (Phi) is 29100. The Labute approximate surface area is 48.0 Å². The van der Waals surface area contributed by atoms with Gasteiger partial charge in [0.1, 0.15) is 0 Å². The predicted molar refractivity (Wildman–Crippen MR) is 34.3 cm³/mol. The molecule has 0 amide bonds. The van der Waals surface area contributed by atoms with Gasteiger partial charge in [-0.3, -0.25) is 8.78 Å². The molecule has 0 N–H and O–H groups in total. The molecule has 0 nitrogen and oxygen atoms in total. The Hall–Kier alpha value is -0.140. The van der Waals surface area contributed by atoms with Crippen molar-refractivity contribution >= 4 is 0 Å². The van der Waals surface area contributed by atoms with Crippen molar-refractivity contribution in [2.75, 3.05) is 14.3 Å². The minimum absolute atomic E-state index is 0. The fourth-order valence-corrected chi connectivity index (χ4v) is 0. The molecule has 0 spiro atoms. The summed E-state index contributed by atoms with van der Waals surface area (Å²) >= 11 is 0. The van der Waals surface area contributed by atoms with E-state index in [9.17, 15) is 8.78 Å². The van der Waals surface area contributed by atoms with Crippen LogP contribution in [0.25, 0.3) is 0 Å². The van der Waals surface area contributed by atoms with Crippen molar-refractivity contribution in [2.24, 2.45) is 0 Å². The zero-order valence-electron chi connectivity index (χ0n) is 3.46. The Morgan fingerprint density at radius 3 is 1.00 bits per heavy atom. The molecule has 7 heavy (non-hydrogen) atoms. The number of hydrogen-bond donors (Lipinski definition) is 0. The van der Waals surface area contributed by atoms with Crippen molar-refractivity contribution in [1.29, 1.82) is 0 Å². The summed E-state index contributed by atoms with van der Waals surface area (Å²) in [6.07, 6.45) is 0. The third kappa shape index (κ3) is 4450. The minimum Gasteiger partial charge on any atom is -0.255 e. The lowest BCUT2D eigenvalue weighted by Gasteiger charge is -1.10. The minimum atomic E-state index is -1.00. The van der Waals surface area contributed by atoms with Crippen LogP contribution >= 0.6 is 0 Å². The van der Waals surface area contributed by atoms with E-state index in [0.717, 1.165) is 0 Å². The van der Waals surface area contributed by atoms with Gasteiger partial charge in [0.25, 0.3) is 0 Å². The molecule has 0 aliphatic rings. The highest BCUT2D eigenvalue weighted by atomic mass is 19.1. The maximum absolute atomic E-state index is 9.96. The van der Waals surface area contributed by atoms with Gasteiger partial charge in [-0.1, -0.05) is 22.3 Å². The molecule has 0 aliphatic carbocycles. The predicted octanol–water partition coefficient (Wildman–Crippen LogP) is 3.08. The van der Waals surface area contributed by atoms with E-state index in [1.807, 2.05) is 0 Å². The molecule has 0 aromatic rings. The Morgan fingerprint density at radius 1 is 1.00 bits per heavy atom. The summed E-state index contributed by atoms with van der Waals surface area (Å²) in [6, 6.07) is 0. The third-order valence-corrected chi connectivity index (χ3v) is 0. The van der Waals surface area contributed by atoms with Gasteiger partial charge >= 0.3 is 0 Å². The fourth-order valence-electron chi connectivity index (χ4n) is 0. The van der Waals surface area contributed by atoms with Crippen molar-refractivity contribution in [1.82, 2.24) is 0 Å². The van der Waals surface area contributed by atoms with Crippen LogP contribution in [0.4, 0.5) is 8.78 Å². The van der Waals surface area contributed by atoms with E-state index in [0.29, 0.717) is 7.18 Å². The molecule has 0 unspecified atom stereocenters. The van der Waals surface area contributed by atoms with E-state index in [1.165, 1.54) is 0 Å². The number of rotatable bonds is 0. The zero-order chi connectivity index (χ0) is 4.71. The lowest BCUT2D eigenvalue weighted by atomic mass is 11.9. The lowest BCUT2D eigenvalue weighted by molar-refractivity contribution is 0.635. The molecule has 0 aromatic carbocycles. The first-order valence-corrected chi connectivity index (χ1v) is 0.645. The van der Waals surface area contributed by atoms with Gasteiger partial charge in [-0.25, -0.2) is 0 Å². The molecule has 0 aliphatic heterocycles. The standard InChI is InChI=1S/2CH3F.3CH4/c2*1-2;;;/h2*1H3;3*1H4/i1T;;;;. The summed E-state index contributed by atoms with van der Waals surface area (Å²) in [5.41, 5.74) is 0. The van der Waals surface area contributed by atoms with Crippen LogP contribution in [0.3, 0.4) is 0 Å². The topological polar surface area (TPSA) is 0 Å². The van der Waals surface area contributed by atoms with Gasteiger partial charge in [0.2, 0.25) is 0 Å². The monoisotopic (exact) mass is 118 g/mol. The van der Waals surface area contributed by atoms with Crippen molar-refractivity contribution in [2.45, 2.75) is 22.3 Å². The van der Waals surface area contributed by atoms with Gasteiger partial charge in [0.15, 0.2) is 0 Å². The van der Waals surface area contributed by atoms with Crippen LogP contribution in [0.5, 0.6) is 0 Å². The summed E-state index contributed by atoms with van der Waals surface area (Å²) in [5, 5.41) is 0. The van der Waals surface area contributed by atoms with Crippen molar-refractivity contribution in [3.8, 4) is 0 Å². The third-order valence-electron chi connectivity index (χ3n) is 0. The molecule has 0 fully saturated rings. The lowest BCUT2D eigenvalue weighted by Crippen LogP contribution is -0.939. The maximum atomic E-state index is 9.96. The first-order chi connectivity index (χ1) is 2.41.